The Kier molecular flexibility index (Phi) is 6.54. The van der Waals surface area contributed by atoms with Crippen LogP contribution in [-0.4, -0.2) is 46.6 Å². The first-order chi connectivity index (χ1) is 12.3. The van der Waals surface area contributed by atoms with E-state index >= 15 is 0 Å². The van der Waals surface area contributed by atoms with Gasteiger partial charge in [-0.15, -0.1) is 0 Å². The van der Waals surface area contributed by atoms with Crippen molar-refractivity contribution in [1.29, 1.82) is 0 Å². The molecular weight excluding hydrogens is 338 g/mol. The molecule has 0 aliphatic carbocycles. The Balaban J connectivity index is 1.92. The molecule has 26 heavy (non-hydrogen) atoms. The smallest absolute Gasteiger partial charge is 0.416 e. The first kappa shape index (κ1) is 19.7. The molecule has 0 saturated carbocycles. The molecule has 1 atom stereocenters. The molecule has 2 heterocycles. The lowest BCUT2D eigenvalue weighted by atomic mass is 9.98. The van der Waals surface area contributed by atoms with Crippen LogP contribution in [0.25, 0.3) is 0 Å². The van der Waals surface area contributed by atoms with Crippen molar-refractivity contribution in [3.05, 3.63) is 24.4 Å². The molecule has 8 nitrogen and oxygen atoms in total. The van der Waals surface area contributed by atoms with Gasteiger partial charge >= 0.3 is 12.1 Å². The number of amides is 1. The van der Waals surface area contributed by atoms with Crippen LogP contribution in [0, 0.1) is 5.92 Å². The number of carboxylic acids is 1. The van der Waals surface area contributed by atoms with E-state index in [1.54, 1.807) is 18.3 Å². The third-order valence-electron chi connectivity index (χ3n) is 3.77. The molecule has 1 aliphatic heterocycles. The van der Waals surface area contributed by atoms with Crippen molar-refractivity contribution in [3.63, 3.8) is 0 Å². The number of hydrogen-bond donors (Lipinski definition) is 1. The second-order valence-corrected chi connectivity index (χ2v) is 7.09. The number of unbranched alkanes of at least 4 members (excludes halogenated alkanes) is 1. The molecule has 142 valence electrons. The normalized spacial score (nSPS) is 16.6. The average molecular weight is 363 g/mol. The van der Waals surface area contributed by atoms with Crippen molar-refractivity contribution in [2.45, 2.75) is 45.6 Å². The molecule has 0 fully saturated rings. The van der Waals surface area contributed by atoms with E-state index in [-0.39, 0.29) is 18.2 Å². The number of pyridine rings is 1. The fourth-order valence-corrected chi connectivity index (χ4v) is 2.57. The summed E-state index contributed by atoms with van der Waals surface area (Å²) in [6.07, 6.45) is 3.22. The van der Waals surface area contributed by atoms with Crippen LogP contribution < -0.4 is 4.90 Å². The van der Waals surface area contributed by atoms with E-state index in [9.17, 15) is 9.59 Å². The zero-order chi connectivity index (χ0) is 19.2. The monoisotopic (exact) mass is 363 g/mol. The van der Waals surface area contributed by atoms with E-state index in [4.69, 9.17) is 14.7 Å². The van der Waals surface area contributed by atoms with Crippen LogP contribution in [0.1, 0.15) is 40.0 Å². The molecule has 8 heteroatoms. The lowest BCUT2D eigenvalue weighted by molar-refractivity contribution is -0.129. The van der Waals surface area contributed by atoms with Gasteiger partial charge in [0.15, 0.2) is 5.71 Å². The lowest BCUT2D eigenvalue weighted by Gasteiger charge is -2.26. The third-order valence-corrected chi connectivity index (χ3v) is 3.77. The third kappa shape index (κ3) is 5.72. The van der Waals surface area contributed by atoms with Gasteiger partial charge in [-0.05, 0) is 45.7 Å². The topological polar surface area (TPSA) is 101 Å². The fraction of sp³-hybridized carbons (Fsp3) is 0.556. The number of carbonyl (C=O) groups excluding carboxylic acids is 1. The maximum atomic E-state index is 12.5. The molecule has 0 radical (unpaired) electrons. The van der Waals surface area contributed by atoms with Gasteiger partial charge in [0, 0.05) is 18.7 Å². The summed E-state index contributed by atoms with van der Waals surface area (Å²) in [5, 5.41) is 12.6. The minimum atomic E-state index is -1.05. The van der Waals surface area contributed by atoms with E-state index in [1.807, 2.05) is 26.8 Å². The number of ether oxygens (including phenoxy) is 1. The summed E-state index contributed by atoms with van der Waals surface area (Å²) in [7, 11) is 0. The summed E-state index contributed by atoms with van der Waals surface area (Å²) >= 11 is 0. The summed E-state index contributed by atoms with van der Waals surface area (Å²) < 4.78 is 5.46. The number of oxime groups is 1. The van der Waals surface area contributed by atoms with E-state index in [1.165, 1.54) is 4.90 Å². The summed E-state index contributed by atoms with van der Waals surface area (Å²) in [5.41, 5.74) is -0.531. The van der Waals surface area contributed by atoms with E-state index in [2.05, 4.69) is 10.1 Å². The van der Waals surface area contributed by atoms with Crippen LogP contribution in [0.5, 0.6) is 0 Å². The second-order valence-electron chi connectivity index (χ2n) is 7.09. The highest BCUT2D eigenvalue weighted by atomic mass is 16.6. The van der Waals surface area contributed by atoms with Crippen molar-refractivity contribution < 1.29 is 24.3 Å². The Hall–Kier alpha value is -2.64. The standard InChI is InChI=1S/C18H25N3O5/c1-18(2,3)26-17(24)21(14-9-4-6-10-19-14)11-7-5-8-13-12-25-20-15(13)16(22)23/h4,6,9-10,13H,5,7-8,11-12H2,1-3H3,(H,22,23). The molecule has 0 spiro atoms. The predicted octanol–water partition coefficient (Wildman–Crippen LogP) is 3.08. The Morgan fingerprint density at radius 3 is 2.73 bits per heavy atom. The van der Waals surface area contributed by atoms with Crippen LogP contribution in [0.2, 0.25) is 0 Å². The van der Waals surface area contributed by atoms with Gasteiger partial charge < -0.3 is 14.7 Å². The summed E-state index contributed by atoms with van der Waals surface area (Å²) in [5.74, 6) is -0.729. The quantitative estimate of drug-likeness (QED) is 0.747. The summed E-state index contributed by atoms with van der Waals surface area (Å²) in [4.78, 5) is 34.2. The number of nitrogens with zero attached hydrogens (tertiary/aromatic N) is 3. The van der Waals surface area contributed by atoms with Gasteiger partial charge in [-0.2, -0.15) is 0 Å². The van der Waals surface area contributed by atoms with Crippen LogP contribution in [0.15, 0.2) is 29.6 Å². The molecule has 1 N–H and O–H groups in total. The maximum Gasteiger partial charge on any atom is 0.416 e. The van der Waals surface area contributed by atoms with Gasteiger partial charge in [0.1, 0.15) is 18.0 Å². The van der Waals surface area contributed by atoms with Crippen molar-refractivity contribution in [1.82, 2.24) is 4.98 Å². The van der Waals surface area contributed by atoms with E-state index < -0.39 is 17.7 Å². The number of carboxylic acid groups (broad SMARTS) is 1. The molecule has 0 bridgehead atoms. The Morgan fingerprint density at radius 2 is 2.12 bits per heavy atom. The number of rotatable bonds is 7. The number of aliphatic carboxylic acids is 1. The average Bonchev–Trinajstić information content (AvgIpc) is 3.02. The largest absolute Gasteiger partial charge is 0.477 e. The Morgan fingerprint density at radius 1 is 1.35 bits per heavy atom. The van der Waals surface area contributed by atoms with Gasteiger partial charge in [0.2, 0.25) is 0 Å². The van der Waals surface area contributed by atoms with Crippen molar-refractivity contribution in [2.24, 2.45) is 11.1 Å². The lowest BCUT2D eigenvalue weighted by Crippen LogP contribution is -2.38. The first-order valence-corrected chi connectivity index (χ1v) is 8.62. The van der Waals surface area contributed by atoms with Gasteiger partial charge in [0.05, 0.1) is 0 Å². The molecule has 2 rings (SSSR count). The molecule has 0 saturated heterocycles. The highest BCUT2D eigenvalue weighted by Crippen LogP contribution is 2.20. The highest BCUT2D eigenvalue weighted by Gasteiger charge is 2.29. The molecule has 1 amide bonds. The first-order valence-electron chi connectivity index (χ1n) is 8.62. The number of hydrogen-bond acceptors (Lipinski definition) is 6. The van der Waals surface area contributed by atoms with Crippen molar-refractivity contribution in [2.75, 3.05) is 18.1 Å². The molecule has 1 aliphatic rings. The fourth-order valence-electron chi connectivity index (χ4n) is 2.57. The number of aromatic nitrogens is 1. The van der Waals surface area contributed by atoms with Gasteiger partial charge in [-0.1, -0.05) is 17.6 Å². The summed E-state index contributed by atoms with van der Waals surface area (Å²) in [6.45, 7) is 6.16. The maximum absolute atomic E-state index is 12.5. The predicted molar refractivity (Wildman–Crippen MR) is 96.2 cm³/mol. The molecule has 1 unspecified atom stereocenters. The second kappa shape index (κ2) is 8.64. The van der Waals surface area contributed by atoms with E-state index in [0.717, 1.165) is 6.42 Å². The van der Waals surface area contributed by atoms with Gasteiger partial charge in [0.25, 0.3) is 0 Å². The molecule has 1 aromatic heterocycles. The van der Waals surface area contributed by atoms with Crippen LogP contribution >= 0.6 is 0 Å². The molecular formula is C18H25N3O5. The number of anilines is 1. The Bertz CT molecular complexity index is 655. The SMILES string of the molecule is CC(C)(C)OC(=O)N(CCCCC1CON=C1C(=O)O)c1ccccn1. The highest BCUT2D eigenvalue weighted by molar-refractivity contribution is 6.36. The van der Waals surface area contributed by atoms with Gasteiger partial charge in [-0.25, -0.2) is 14.6 Å². The summed E-state index contributed by atoms with van der Waals surface area (Å²) in [6, 6.07) is 5.35. The van der Waals surface area contributed by atoms with Gasteiger partial charge in [-0.3, -0.25) is 4.90 Å². The Labute approximate surface area is 152 Å². The zero-order valence-corrected chi connectivity index (χ0v) is 15.3. The van der Waals surface area contributed by atoms with Crippen LogP contribution in [0.3, 0.4) is 0 Å². The molecule has 1 aromatic rings. The molecule has 0 aromatic carbocycles. The van der Waals surface area contributed by atoms with E-state index in [0.29, 0.717) is 25.2 Å². The zero-order valence-electron chi connectivity index (χ0n) is 15.3. The van der Waals surface area contributed by atoms with Crippen molar-refractivity contribution in [3.8, 4) is 0 Å². The van der Waals surface area contributed by atoms with Crippen molar-refractivity contribution >= 4 is 23.6 Å². The van der Waals surface area contributed by atoms with Crippen LogP contribution in [-0.2, 0) is 14.4 Å². The number of carbonyl (C=O) groups is 2. The van der Waals surface area contributed by atoms with Crippen LogP contribution in [0.4, 0.5) is 10.6 Å². The minimum Gasteiger partial charge on any atom is -0.477 e. The minimum absolute atomic E-state index is 0.0683.